The quantitative estimate of drug-likeness (QED) is 0.801. The fourth-order valence-electron chi connectivity index (χ4n) is 3.01. The van der Waals surface area contributed by atoms with Crippen molar-refractivity contribution in [3.05, 3.63) is 35.1 Å². The van der Waals surface area contributed by atoms with E-state index >= 15 is 0 Å². The van der Waals surface area contributed by atoms with Crippen LogP contribution in [-0.4, -0.2) is 34.8 Å². The minimum absolute atomic E-state index is 0.157. The van der Waals surface area contributed by atoms with Crippen LogP contribution in [0.15, 0.2) is 18.2 Å². The lowest BCUT2D eigenvalue weighted by Crippen LogP contribution is -2.46. The molecular formula is C17H20FN3O3. The molecule has 1 aliphatic heterocycles. The monoisotopic (exact) mass is 333 g/mol. The number of aryl methyl sites for hydroxylation is 1. The summed E-state index contributed by atoms with van der Waals surface area (Å²) in [4.78, 5) is 37.4. The highest BCUT2D eigenvalue weighted by Crippen LogP contribution is 2.42. The number of hydrogen-bond acceptors (Lipinski definition) is 3. The zero-order chi connectivity index (χ0) is 17.5. The third kappa shape index (κ3) is 2.98. The van der Waals surface area contributed by atoms with Gasteiger partial charge in [0.25, 0.3) is 5.91 Å². The summed E-state index contributed by atoms with van der Waals surface area (Å²) in [6.45, 7) is 3.26. The predicted octanol–water partition coefficient (Wildman–Crippen LogP) is 1.47. The molecule has 4 amide bonds. The molecule has 3 rings (SSSR count). The highest BCUT2D eigenvalue weighted by molar-refractivity contribution is 6.09. The molecule has 1 heterocycles. The van der Waals surface area contributed by atoms with E-state index in [0.717, 1.165) is 23.3 Å². The summed E-state index contributed by atoms with van der Waals surface area (Å²) in [6, 6.07) is 4.05. The van der Waals surface area contributed by atoms with Crippen LogP contribution in [0.25, 0.3) is 0 Å². The number of imide groups is 1. The largest absolute Gasteiger partial charge is 0.350 e. The number of nitrogens with one attached hydrogen (secondary N) is 2. The van der Waals surface area contributed by atoms with Gasteiger partial charge in [-0.3, -0.25) is 14.5 Å². The normalized spacial score (nSPS) is 23.4. The molecule has 0 spiro atoms. The number of rotatable bonds is 5. The Kier molecular flexibility index (Phi) is 4.03. The van der Waals surface area contributed by atoms with Crippen molar-refractivity contribution < 1.29 is 18.8 Å². The van der Waals surface area contributed by atoms with E-state index in [2.05, 4.69) is 10.6 Å². The van der Waals surface area contributed by atoms with Gasteiger partial charge in [0.2, 0.25) is 5.91 Å². The topological polar surface area (TPSA) is 78.5 Å². The zero-order valence-electron chi connectivity index (χ0n) is 13.7. The van der Waals surface area contributed by atoms with Crippen LogP contribution in [0, 0.1) is 18.7 Å². The molecule has 2 fully saturated rings. The Bertz CT molecular complexity index is 717. The maximum absolute atomic E-state index is 13.2. The van der Waals surface area contributed by atoms with Crippen molar-refractivity contribution in [3.8, 4) is 0 Å². The third-order valence-electron chi connectivity index (χ3n) is 4.71. The first-order valence-corrected chi connectivity index (χ1v) is 7.97. The second kappa shape index (κ2) is 5.89. The van der Waals surface area contributed by atoms with Crippen molar-refractivity contribution in [2.75, 3.05) is 6.54 Å². The third-order valence-corrected chi connectivity index (χ3v) is 4.71. The fraction of sp³-hybridized carbons (Fsp3) is 0.471. The first-order chi connectivity index (χ1) is 11.3. The molecule has 1 saturated heterocycles. The van der Waals surface area contributed by atoms with Crippen molar-refractivity contribution in [3.63, 3.8) is 0 Å². The van der Waals surface area contributed by atoms with E-state index in [1.807, 2.05) is 0 Å². The second-order valence-electron chi connectivity index (χ2n) is 6.66. The first kappa shape index (κ1) is 16.4. The Balaban J connectivity index is 1.57. The number of urea groups is 1. The van der Waals surface area contributed by atoms with Gasteiger partial charge in [0.15, 0.2) is 0 Å². The highest BCUT2D eigenvalue weighted by atomic mass is 19.1. The van der Waals surface area contributed by atoms with Crippen LogP contribution >= 0.6 is 0 Å². The standard InChI is InChI=1S/C17H20FN3O3/c1-10-7-11(3-6-13(10)18)8-19-14(22)9-21-15(23)17(2,12-4-5-12)20-16(21)24/h3,6-7,12H,4-5,8-9H2,1-2H3,(H,19,22)(H,20,24). The summed E-state index contributed by atoms with van der Waals surface area (Å²) in [6.07, 6.45) is 1.82. The van der Waals surface area contributed by atoms with Crippen LogP contribution in [0.3, 0.4) is 0 Å². The molecule has 0 aromatic heterocycles. The van der Waals surface area contributed by atoms with Gasteiger partial charge in [0.05, 0.1) is 0 Å². The van der Waals surface area contributed by atoms with E-state index < -0.39 is 17.5 Å². The Labute approximate surface area is 139 Å². The van der Waals surface area contributed by atoms with Gasteiger partial charge in [-0.2, -0.15) is 0 Å². The van der Waals surface area contributed by atoms with Gasteiger partial charge in [-0.1, -0.05) is 12.1 Å². The van der Waals surface area contributed by atoms with Crippen LogP contribution in [-0.2, 0) is 16.1 Å². The molecule has 0 bridgehead atoms. The lowest BCUT2D eigenvalue weighted by molar-refractivity contribution is -0.135. The SMILES string of the molecule is Cc1cc(CNC(=O)CN2C(=O)NC(C)(C3CC3)C2=O)ccc1F. The van der Waals surface area contributed by atoms with Gasteiger partial charge >= 0.3 is 6.03 Å². The molecule has 1 unspecified atom stereocenters. The number of carbonyl (C=O) groups is 3. The van der Waals surface area contributed by atoms with Gasteiger partial charge in [0.1, 0.15) is 17.9 Å². The number of halogens is 1. The molecule has 128 valence electrons. The summed E-state index contributed by atoms with van der Waals surface area (Å²) < 4.78 is 13.2. The van der Waals surface area contributed by atoms with Gasteiger partial charge in [-0.05, 0) is 49.8 Å². The molecule has 1 aliphatic carbocycles. The van der Waals surface area contributed by atoms with E-state index in [4.69, 9.17) is 0 Å². The van der Waals surface area contributed by atoms with Crippen molar-refractivity contribution in [1.82, 2.24) is 15.5 Å². The predicted molar refractivity (Wildman–Crippen MR) is 84.4 cm³/mol. The Hall–Kier alpha value is -2.44. The first-order valence-electron chi connectivity index (χ1n) is 7.97. The van der Waals surface area contributed by atoms with Crippen LogP contribution in [0.1, 0.15) is 30.9 Å². The van der Waals surface area contributed by atoms with E-state index in [9.17, 15) is 18.8 Å². The van der Waals surface area contributed by atoms with E-state index in [-0.39, 0.29) is 30.7 Å². The Morgan fingerprint density at radius 3 is 2.75 bits per heavy atom. The molecule has 1 saturated carbocycles. The molecule has 2 N–H and O–H groups in total. The molecular weight excluding hydrogens is 313 g/mol. The van der Waals surface area contributed by atoms with E-state index in [1.54, 1.807) is 26.0 Å². The molecule has 1 aromatic carbocycles. The molecule has 2 aliphatic rings. The number of carbonyl (C=O) groups excluding carboxylic acids is 3. The van der Waals surface area contributed by atoms with Crippen LogP contribution in [0.2, 0.25) is 0 Å². The van der Waals surface area contributed by atoms with Gasteiger partial charge < -0.3 is 10.6 Å². The lowest BCUT2D eigenvalue weighted by Gasteiger charge is -2.20. The van der Waals surface area contributed by atoms with Crippen LogP contribution < -0.4 is 10.6 Å². The number of nitrogens with zero attached hydrogens (tertiary/aromatic N) is 1. The Morgan fingerprint density at radius 2 is 2.12 bits per heavy atom. The Morgan fingerprint density at radius 1 is 1.42 bits per heavy atom. The molecule has 24 heavy (non-hydrogen) atoms. The molecule has 0 radical (unpaired) electrons. The van der Waals surface area contributed by atoms with Crippen LogP contribution in [0.4, 0.5) is 9.18 Å². The van der Waals surface area contributed by atoms with Crippen molar-refractivity contribution in [2.24, 2.45) is 5.92 Å². The smallest absolute Gasteiger partial charge is 0.325 e. The summed E-state index contributed by atoms with van der Waals surface area (Å²) in [5.41, 5.74) is 0.365. The van der Waals surface area contributed by atoms with Crippen molar-refractivity contribution >= 4 is 17.8 Å². The summed E-state index contributed by atoms with van der Waals surface area (Å²) in [5.74, 6) is -0.920. The summed E-state index contributed by atoms with van der Waals surface area (Å²) in [5, 5.41) is 5.35. The van der Waals surface area contributed by atoms with E-state index in [0.29, 0.717) is 5.56 Å². The lowest BCUT2D eigenvalue weighted by atomic mass is 9.96. The summed E-state index contributed by atoms with van der Waals surface area (Å²) in [7, 11) is 0. The average Bonchev–Trinajstić information content (AvgIpc) is 3.35. The van der Waals surface area contributed by atoms with E-state index in [1.165, 1.54) is 6.07 Å². The zero-order valence-corrected chi connectivity index (χ0v) is 13.7. The maximum atomic E-state index is 13.2. The molecule has 6 nitrogen and oxygen atoms in total. The fourth-order valence-corrected chi connectivity index (χ4v) is 3.01. The van der Waals surface area contributed by atoms with Crippen LogP contribution in [0.5, 0.6) is 0 Å². The summed E-state index contributed by atoms with van der Waals surface area (Å²) >= 11 is 0. The number of benzene rings is 1. The average molecular weight is 333 g/mol. The second-order valence-corrected chi connectivity index (χ2v) is 6.66. The van der Waals surface area contributed by atoms with Crippen molar-refractivity contribution in [2.45, 2.75) is 38.8 Å². The molecule has 1 aromatic rings. The van der Waals surface area contributed by atoms with Gasteiger partial charge in [-0.25, -0.2) is 9.18 Å². The minimum Gasteiger partial charge on any atom is -0.350 e. The van der Waals surface area contributed by atoms with Gasteiger partial charge in [0, 0.05) is 6.54 Å². The highest BCUT2D eigenvalue weighted by Gasteiger charge is 2.56. The number of amides is 4. The maximum Gasteiger partial charge on any atom is 0.325 e. The van der Waals surface area contributed by atoms with Gasteiger partial charge in [-0.15, -0.1) is 0 Å². The molecule has 7 heteroatoms. The number of hydrogen-bond donors (Lipinski definition) is 2. The van der Waals surface area contributed by atoms with Crippen molar-refractivity contribution in [1.29, 1.82) is 0 Å². The minimum atomic E-state index is -0.883. The molecule has 1 atom stereocenters.